The molecule has 0 saturated heterocycles. The van der Waals surface area contributed by atoms with Crippen LogP contribution in [0.1, 0.15) is 24.1 Å². The van der Waals surface area contributed by atoms with Crippen LogP contribution in [-0.4, -0.2) is 11.2 Å². The van der Waals surface area contributed by atoms with Crippen LogP contribution in [-0.2, 0) is 0 Å². The Hall–Kier alpha value is -1.03. The fourth-order valence-electron chi connectivity index (χ4n) is 1.36. The summed E-state index contributed by atoms with van der Waals surface area (Å²) in [6, 6.07) is 5.56. The minimum absolute atomic E-state index is 0.190. The van der Waals surface area contributed by atoms with Gasteiger partial charge in [0.1, 0.15) is 0 Å². The van der Waals surface area contributed by atoms with Gasteiger partial charge in [-0.3, -0.25) is 0 Å². The van der Waals surface area contributed by atoms with Crippen molar-refractivity contribution in [3.63, 3.8) is 0 Å². The van der Waals surface area contributed by atoms with Gasteiger partial charge in [0.15, 0.2) is 0 Å². The summed E-state index contributed by atoms with van der Waals surface area (Å²) >= 11 is 3.41. The summed E-state index contributed by atoms with van der Waals surface area (Å²) in [6.07, 6.45) is -1.00. The predicted molar refractivity (Wildman–Crippen MR) is 58.5 cm³/mol. The van der Waals surface area contributed by atoms with Crippen LogP contribution < -0.4 is 5.32 Å². The lowest BCUT2D eigenvalue weighted by molar-refractivity contribution is 0.191. The SMILES string of the molecule is Cc1c(Br)cccc1[C@@H](C)NC(=O)O. The van der Waals surface area contributed by atoms with E-state index >= 15 is 0 Å². The zero-order chi connectivity index (χ0) is 10.7. The zero-order valence-electron chi connectivity index (χ0n) is 8.04. The quantitative estimate of drug-likeness (QED) is 0.856. The Morgan fingerprint density at radius 2 is 2.21 bits per heavy atom. The van der Waals surface area contributed by atoms with Crippen molar-refractivity contribution in [1.82, 2.24) is 5.32 Å². The van der Waals surface area contributed by atoms with Crippen molar-refractivity contribution < 1.29 is 9.90 Å². The second kappa shape index (κ2) is 4.46. The lowest BCUT2D eigenvalue weighted by atomic mass is 10.0. The number of hydrogen-bond acceptors (Lipinski definition) is 1. The second-order valence-corrected chi connectivity index (χ2v) is 3.98. The summed E-state index contributed by atoms with van der Waals surface area (Å²) in [5.41, 5.74) is 2.05. The molecule has 0 aliphatic heterocycles. The minimum atomic E-state index is -1.00. The van der Waals surface area contributed by atoms with E-state index in [2.05, 4.69) is 21.2 Å². The highest BCUT2D eigenvalue weighted by atomic mass is 79.9. The van der Waals surface area contributed by atoms with Gasteiger partial charge in [0.25, 0.3) is 0 Å². The van der Waals surface area contributed by atoms with Crippen LogP contribution in [0, 0.1) is 6.92 Å². The zero-order valence-corrected chi connectivity index (χ0v) is 9.63. The van der Waals surface area contributed by atoms with Crippen LogP contribution in [0.5, 0.6) is 0 Å². The van der Waals surface area contributed by atoms with E-state index in [0.29, 0.717) is 0 Å². The molecular weight excluding hydrogens is 246 g/mol. The lowest BCUT2D eigenvalue weighted by Gasteiger charge is -2.15. The largest absolute Gasteiger partial charge is 0.465 e. The molecule has 0 saturated carbocycles. The highest BCUT2D eigenvalue weighted by Crippen LogP contribution is 2.24. The summed E-state index contributed by atoms with van der Waals surface area (Å²) in [5.74, 6) is 0. The standard InChI is InChI=1S/C10H12BrNO2/c1-6-8(4-3-5-9(6)11)7(2)12-10(13)14/h3-5,7,12H,1-2H3,(H,13,14)/t7-/m1/s1. The van der Waals surface area contributed by atoms with E-state index in [1.165, 1.54) is 0 Å². The van der Waals surface area contributed by atoms with E-state index in [-0.39, 0.29) is 6.04 Å². The first-order chi connectivity index (χ1) is 6.52. The third-order valence-corrected chi connectivity index (χ3v) is 2.98. The fourth-order valence-corrected chi connectivity index (χ4v) is 1.74. The van der Waals surface area contributed by atoms with Crippen molar-refractivity contribution in [1.29, 1.82) is 0 Å². The summed E-state index contributed by atoms with van der Waals surface area (Å²) < 4.78 is 0.994. The molecule has 76 valence electrons. The summed E-state index contributed by atoms with van der Waals surface area (Å²) in [7, 11) is 0. The van der Waals surface area contributed by atoms with Gasteiger partial charge < -0.3 is 10.4 Å². The molecule has 2 N–H and O–H groups in total. The first kappa shape index (κ1) is 11.0. The number of carboxylic acid groups (broad SMARTS) is 1. The maximum absolute atomic E-state index is 10.5. The molecule has 4 heteroatoms. The molecule has 1 aromatic carbocycles. The van der Waals surface area contributed by atoms with Crippen molar-refractivity contribution in [3.8, 4) is 0 Å². The number of amides is 1. The molecular formula is C10H12BrNO2. The summed E-state index contributed by atoms with van der Waals surface area (Å²) in [4.78, 5) is 10.5. The van der Waals surface area contributed by atoms with E-state index in [0.717, 1.165) is 15.6 Å². The van der Waals surface area contributed by atoms with E-state index in [1.54, 1.807) is 0 Å². The van der Waals surface area contributed by atoms with Crippen molar-refractivity contribution >= 4 is 22.0 Å². The molecule has 0 bridgehead atoms. The maximum Gasteiger partial charge on any atom is 0.405 e. The van der Waals surface area contributed by atoms with E-state index in [9.17, 15) is 4.79 Å². The summed E-state index contributed by atoms with van der Waals surface area (Å²) in [5, 5.41) is 11.0. The first-order valence-corrected chi connectivity index (χ1v) is 5.06. The number of halogens is 1. The molecule has 0 aliphatic rings. The van der Waals surface area contributed by atoms with Gasteiger partial charge in [-0.2, -0.15) is 0 Å². The number of hydrogen-bond donors (Lipinski definition) is 2. The molecule has 0 fully saturated rings. The third kappa shape index (κ3) is 2.48. The average Bonchev–Trinajstić information content (AvgIpc) is 2.08. The van der Waals surface area contributed by atoms with Gasteiger partial charge in [-0.05, 0) is 31.0 Å². The average molecular weight is 258 g/mol. The van der Waals surface area contributed by atoms with Crippen molar-refractivity contribution in [3.05, 3.63) is 33.8 Å². The predicted octanol–water partition coefficient (Wildman–Crippen LogP) is 3.09. The van der Waals surface area contributed by atoms with Gasteiger partial charge in [-0.25, -0.2) is 4.79 Å². The smallest absolute Gasteiger partial charge is 0.405 e. The normalized spacial score (nSPS) is 12.2. The number of rotatable bonds is 2. The van der Waals surface area contributed by atoms with Crippen LogP contribution in [0.4, 0.5) is 4.79 Å². The summed E-state index contributed by atoms with van der Waals surface area (Å²) in [6.45, 7) is 3.78. The van der Waals surface area contributed by atoms with Gasteiger partial charge in [0, 0.05) is 4.47 Å². The van der Waals surface area contributed by atoms with E-state index in [4.69, 9.17) is 5.11 Å². The first-order valence-electron chi connectivity index (χ1n) is 4.27. The molecule has 0 aromatic heterocycles. The topological polar surface area (TPSA) is 49.3 Å². The molecule has 14 heavy (non-hydrogen) atoms. The van der Waals surface area contributed by atoms with Crippen LogP contribution in [0.3, 0.4) is 0 Å². The van der Waals surface area contributed by atoms with Crippen molar-refractivity contribution in [2.75, 3.05) is 0 Å². The maximum atomic E-state index is 10.5. The molecule has 1 aromatic rings. The van der Waals surface area contributed by atoms with Crippen molar-refractivity contribution in [2.45, 2.75) is 19.9 Å². The molecule has 0 unspecified atom stereocenters. The monoisotopic (exact) mass is 257 g/mol. The molecule has 3 nitrogen and oxygen atoms in total. The highest BCUT2D eigenvalue weighted by molar-refractivity contribution is 9.10. The molecule has 0 radical (unpaired) electrons. The number of carbonyl (C=O) groups is 1. The van der Waals surface area contributed by atoms with Gasteiger partial charge in [-0.1, -0.05) is 28.1 Å². The van der Waals surface area contributed by atoms with Crippen LogP contribution in [0.2, 0.25) is 0 Å². The highest BCUT2D eigenvalue weighted by Gasteiger charge is 2.11. The Bertz CT molecular complexity index is 352. The Morgan fingerprint density at radius 3 is 2.79 bits per heavy atom. The lowest BCUT2D eigenvalue weighted by Crippen LogP contribution is -2.25. The molecule has 1 amide bonds. The molecule has 0 heterocycles. The van der Waals surface area contributed by atoms with Crippen LogP contribution in [0.15, 0.2) is 22.7 Å². The Labute approximate surface area is 91.3 Å². The van der Waals surface area contributed by atoms with E-state index in [1.807, 2.05) is 32.0 Å². The fraction of sp³-hybridized carbons (Fsp3) is 0.300. The Morgan fingerprint density at radius 1 is 1.57 bits per heavy atom. The second-order valence-electron chi connectivity index (χ2n) is 3.13. The molecule has 1 atom stereocenters. The third-order valence-electron chi connectivity index (χ3n) is 2.12. The number of benzene rings is 1. The molecule has 1 rings (SSSR count). The van der Waals surface area contributed by atoms with Crippen molar-refractivity contribution in [2.24, 2.45) is 0 Å². The van der Waals surface area contributed by atoms with E-state index < -0.39 is 6.09 Å². The molecule has 0 spiro atoms. The molecule has 0 aliphatic carbocycles. The minimum Gasteiger partial charge on any atom is -0.465 e. The van der Waals surface area contributed by atoms with Gasteiger partial charge in [0.05, 0.1) is 6.04 Å². The van der Waals surface area contributed by atoms with Crippen LogP contribution in [0.25, 0.3) is 0 Å². The van der Waals surface area contributed by atoms with Gasteiger partial charge in [0.2, 0.25) is 0 Å². The van der Waals surface area contributed by atoms with Gasteiger partial charge >= 0.3 is 6.09 Å². The number of nitrogens with one attached hydrogen (secondary N) is 1. The van der Waals surface area contributed by atoms with Gasteiger partial charge in [-0.15, -0.1) is 0 Å². The Balaban J connectivity index is 2.95. The van der Waals surface area contributed by atoms with Crippen LogP contribution >= 0.6 is 15.9 Å². The Kier molecular flexibility index (Phi) is 3.52.